The van der Waals surface area contributed by atoms with Crippen LogP contribution in [0.1, 0.15) is 56.7 Å². The third-order valence-corrected chi connectivity index (χ3v) is 11.2. The van der Waals surface area contributed by atoms with E-state index in [0.717, 1.165) is 16.5 Å². The zero-order valence-corrected chi connectivity index (χ0v) is 36.4. The minimum atomic E-state index is -1.27. The highest BCUT2D eigenvalue weighted by molar-refractivity contribution is 5.97. The molecular weight excluding hydrogens is 793 g/mol. The fourth-order valence-corrected chi connectivity index (χ4v) is 7.26. The van der Waals surface area contributed by atoms with E-state index in [1.54, 1.807) is 76.5 Å². The number of para-hydroxylation sites is 1. The van der Waals surface area contributed by atoms with Gasteiger partial charge < -0.3 is 52.0 Å². The number of likely N-dealkylation sites (N-methyl/N-ethyl adjacent to an activating group) is 3. The van der Waals surface area contributed by atoms with Crippen LogP contribution in [0.15, 0.2) is 85.1 Å². The molecule has 62 heavy (non-hydrogen) atoms. The van der Waals surface area contributed by atoms with Crippen LogP contribution < -0.4 is 27.0 Å². The molecule has 0 radical (unpaired) electrons. The number of amides is 5. The summed E-state index contributed by atoms with van der Waals surface area (Å²) in [4.78, 5) is 89.1. The van der Waals surface area contributed by atoms with Gasteiger partial charge in [0, 0.05) is 50.5 Å². The average molecular weight is 855 g/mol. The molecule has 0 aliphatic heterocycles. The molecule has 0 saturated heterocycles. The highest BCUT2D eigenvalue weighted by atomic mass is 16.4. The zero-order chi connectivity index (χ0) is 45.5. The number of carbonyl (C=O) groups excluding carboxylic acids is 5. The third-order valence-electron chi connectivity index (χ3n) is 11.2. The van der Waals surface area contributed by atoms with E-state index in [-0.39, 0.29) is 31.4 Å². The van der Waals surface area contributed by atoms with Gasteiger partial charge in [-0.2, -0.15) is 0 Å². The minimum absolute atomic E-state index is 0.0255. The summed E-state index contributed by atoms with van der Waals surface area (Å²) in [6, 6.07) is 16.1. The Balaban J connectivity index is 1.68. The molecule has 0 unspecified atom stereocenters. The Kier molecular flexibility index (Phi) is 18.0. The number of carboxylic acids is 1. The molecule has 0 aliphatic carbocycles. The highest BCUT2D eigenvalue weighted by Gasteiger charge is 2.39. The SMILES string of the molecule is CN[C@@H](C)C(=O)N[C@@H](Cc1ccc(O)cc1)C(=O)N(C)[C@H](Cc1c[nH]c2ccccc12)C(=O)N(C)[C@@H](CCCCN)C(=O)N[C@H](C(=O)N[C@@H](Cc1ccccc1)C(=O)O)C(C)C. The number of nitrogens with one attached hydrogen (secondary N) is 5. The molecule has 16 heteroatoms. The van der Waals surface area contributed by atoms with E-state index in [1.165, 1.54) is 36.0 Å². The Labute approximate surface area is 363 Å². The van der Waals surface area contributed by atoms with Crippen LogP contribution in [0.25, 0.3) is 10.9 Å². The molecule has 0 spiro atoms. The van der Waals surface area contributed by atoms with Crippen LogP contribution in [0.5, 0.6) is 5.75 Å². The lowest BCUT2D eigenvalue weighted by Crippen LogP contribution is -2.61. The Morgan fingerprint density at radius 1 is 0.694 bits per heavy atom. The second-order valence-electron chi connectivity index (χ2n) is 16.0. The monoisotopic (exact) mass is 854 g/mol. The summed E-state index contributed by atoms with van der Waals surface area (Å²) in [6.45, 7) is 5.43. The molecule has 1 heterocycles. The highest BCUT2D eigenvalue weighted by Crippen LogP contribution is 2.23. The largest absolute Gasteiger partial charge is 0.508 e. The first-order valence-corrected chi connectivity index (χ1v) is 21.0. The average Bonchev–Trinajstić information content (AvgIpc) is 3.67. The number of aromatic amines is 1. The van der Waals surface area contributed by atoms with Crippen LogP contribution >= 0.6 is 0 Å². The van der Waals surface area contributed by atoms with Gasteiger partial charge in [-0.1, -0.05) is 74.5 Å². The van der Waals surface area contributed by atoms with Gasteiger partial charge in [0.05, 0.1) is 6.04 Å². The summed E-state index contributed by atoms with van der Waals surface area (Å²) in [7, 11) is 4.58. The fourth-order valence-electron chi connectivity index (χ4n) is 7.26. The minimum Gasteiger partial charge on any atom is -0.508 e. The predicted molar refractivity (Wildman–Crippen MR) is 237 cm³/mol. The normalized spacial score (nSPS) is 14.2. The van der Waals surface area contributed by atoms with Crippen molar-refractivity contribution in [2.45, 2.75) is 95.5 Å². The van der Waals surface area contributed by atoms with Gasteiger partial charge in [-0.25, -0.2) is 4.79 Å². The first-order chi connectivity index (χ1) is 29.6. The second kappa shape index (κ2) is 23.1. The predicted octanol–water partition coefficient (Wildman–Crippen LogP) is 2.49. The number of hydrogen-bond acceptors (Lipinski definition) is 9. The second-order valence-corrected chi connectivity index (χ2v) is 16.0. The van der Waals surface area contributed by atoms with Crippen molar-refractivity contribution in [3.05, 3.63) is 102 Å². The van der Waals surface area contributed by atoms with Gasteiger partial charge in [0.1, 0.15) is 36.0 Å². The van der Waals surface area contributed by atoms with Gasteiger partial charge in [0.15, 0.2) is 0 Å². The molecular formula is C46H62N8O8. The molecule has 4 aromatic rings. The number of aromatic hydroxyl groups is 1. The van der Waals surface area contributed by atoms with Crippen molar-refractivity contribution in [3.63, 3.8) is 0 Å². The van der Waals surface area contributed by atoms with Crippen LogP contribution in [0.4, 0.5) is 0 Å². The topological polar surface area (TPSA) is 239 Å². The van der Waals surface area contributed by atoms with E-state index in [4.69, 9.17) is 5.73 Å². The number of nitrogens with two attached hydrogens (primary N) is 1. The summed E-state index contributed by atoms with van der Waals surface area (Å²) in [5, 5.41) is 31.8. The molecule has 0 bridgehead atoms. The smallest absolute Gasteiger partial charge is 0.326 e. The number of phenolic OH excluding ortho intramolecular Hbond substituents is 1. The van der Waals surface area contributed by atoms with Crippen molar-refractivity contribution in [3.8, 4) is 5.75 Å². The van der Waals surface area contributed by atoms with Crippen molar-refractivity contribution in [1.82, 2.24) is 36.1 Å². The van der Waals surface area contributed by atoms with Gasteiger partial charge in [0.2, 0.25) is 29.5 Å². The molecule has 1 aromatic heterocycles. The summed E-state index contributed by atoms with van der Waals surface area (Å²) in [5.74, 6) is -4.58. The van der Waals surface area contributed by atoms with Gasteiger partial charge in [-0.15, -0.1) is 0 Å². The van der Waals surface area contributed by atoms with Crippen LogP contribution in [-0.2, 0) is 48.0 Å². The van der Waals surface area contributed by atoms with Crippen molar-refractivity contribution in [1.29, 1.82) is 0 Å². The van der Waals surface area contributed by atoms with Crippen molar-refractivity contribution in [2.24, 2.45) is 11.7 Å². The number of unbranched alkanes of at least 4 members (excludes halogenated alkanes) is 1. The number of hydrogen-bond donors (Lipinski definition) is 8. The van der Waals surface area contributed by atoms with Crippen LogP contribution in [0.3, 0.4) is 0 Å². The lowest BCUT2D eigenvalue weighted by atomic mass is 9.98. The Hall–Kier alpha value is -6.26. The lowest BCUT2D eigenvalue weighted by molar-refractivity contribution is -0.149. The van der Waals surface area contributed by atoms with Crippen LogP contribution in [-0.4, -0.2) is 124 Å². The van der Waals surface area contributed by atoms with E-state index in [9.17, 15) is 34.2 Å². The molecule has 3 aromatic carbocycles. The van der Waals surface area contributed by atoms with Crippen molar-refractivity contribution < 1.29 is 39.0 Å². The van der Waals surface area contributed by atoms with E-state index in [1.807, 2.05) is 24.3 Å². The van der Waals surface area contributed by atoms with Crippen molar-refractivity contribution >= 4 is 46.4 Å². The first-order valence-electron chi connectivity index (χ1n) is 21.0. The molecule has 16 nitrogen and oxygen atoms in total. The maximum atomic E-state index is 15.0. The number of carbonyl (C=O) groups is 6. The Morgan fingerprint density at radius 3 is 1.92 bits per heavy atom. The van der Waals surface area contributed by atoms with E-state index < -0.39 is 77.7 Å². The summed E-state index contributed by atoms with van der Waals surface area (Å²) < 4.78 is 0. The maximum absolute atomic E-state index is 15.0. The van der Waals surface area contributed by atoms with E-state index >= 15 is 4.79 Å². The molecule has 4 rings (SSSR count). The maximum Gasteiger partial charge on any atom is 0.326 e. The summed E-state index contributed by atoms with van der Waals surface area (Å²) >= 11 is 0. The third kappa shape index (κ3) is 13.1. The van der Waals surface area contributed by atoms with E-state index in [0.29, 0.717) is 30.5 Å². The zero-order valence-electron chi connectivity index (χ0n) is 36.4. The Bertz CT molecular complexity index is 2130. The lowest BCUT2D eigenvalue weighted by Gasteiger charge is -2.36. The molecule has 9 N–H and O–H groups in total. The summed E-state index contributed by atoms with van der Waals surface area (Å²) in [6.07, 6.45) is 3.05. The Morgan fingerprint density at radius 2 is 1.29 bits per heavy atom. The van der Waals surface area contributed by atoms with Gasteiger partial charge in [0.25, 0.3) is 0 Å². The number of carboxylic acid groups (broad SMARTS) is 1. The van der Waals surface area contributed by atoms with E-state index in [2.05, 4.69) is 26.3 Å². The summed E-state index contributed by atoms with van der Waals surface area (Å²) in [5.41, 5.74) is 8.75. The van der Waals surface area contributed by atoms with Crippen LogP contribution in [0.2, 0.25) is 0 Å². The molecule has 5 amide bonds. The fraction of sp³-hybridized carbons (Fsp3) is 0.435. The first kappa shape index (κ1) is 48.4. The number of nitrogens with zero attached hydrogens (tertiary/aromatic N) is 2. The van der Waals surface area contributed by atoms with Crippen molar-refractivity contribution in [2.75, 3.05) is 27.7 Å². The number of H-pyrrole nitrogens is 1. The number of aromatic nitrogens is 1. The van der Waals surface area contributed by atoms with Crippen LogP contribution in [0, 0.1) is 5.92 Å². The van der Waals surface area contributed by atoms with Gasteiger partial charge in [-0.05, 0) is 80.6 Å². The molecule has 6 atom stereocenters. The number of rotatable bonds is 23. The number of aliphatic carboxylic acids is 1. The molecule has 0 fully saturated rings. The number of fused-ring (bicyclic) bond motifs is 1. The standard InChI is InChI=1S/C46H62N8O8/c1-28(2)40(43(58)51-37(46(61)62)25-30-14-8-7-9-15-30)52-42(57)38(18-12-13-23-47)53(5)45(60)39(26-32-27-49-35-17-11-10-16-34(32)35)54(6)44(59)36(50-41(56)29(3)48-4)24-31-19-21-33(55)22-20-31/h7-11,14-17,19-22,27-29,36-40,48-49,55H,12-13,18,23-26,47H2,1-6H3,(H,50,56)(H,51,58)(H,52,57)(H,61,62)/t29-,36-,37-,38-,39+,40-/m0/s1. The molecule has 0 aliphatic rings. The van der Waals surface area contributed by atoms with Gasteiger partial charge in [-0.3, -0.25) is 24.0 Å². The molecule has 0 saturated carbocycles. The quantitative estimate of drug-likeness (QED) is 0.0508. The molecule has 334 valence electrons. The number of phenols is 1. The van der Waals surface area contributed by atoms with Gasteiger partial charge >= 0.3 is 5.97 Å². The number of benzene rings is 3.